The van der Waals surface area contributed by atoms with Gasteiger partial charge in [0.15, 0.2) is 5.58 Å². The summed E-state index contributed by atoms with van der Waals surface area (Å²) in [7, 11) is 0. The van der Waals surface area contributed by atoms with E-state index in [0.717, 1.165) is 10.2 Å². The first-order chi connectivity index (χ1) is 9.13. The van der Waals surface area contributed by atoms with Crippen molar-refractivity contribution in [2.45, 2.75) is 13.0 Å². The van der Waals surface area contributed by atoms with Crippen molar-refractivity contribution in [3.8, 4) is 0 Å². The van der Waals surface area contributed by atoms with Crippen LogP contribution in [0.2, 0.25) is 0 Å². The number of H-pyrrole nitrogens is 1. The van der Waals surface area contributed by atoms with E-state index in [1.165, 1.54) is 4.88 Å². The van der Waals surface area contributed by atoms with E-state index in [4.69, 9.17) is 4.42 Å². The molecule has 3 rings (SSSR count). The van der Waals surface area contributed by atoms with Gasteiger partial charge in [-0.2, -0.15) is 0 Å². The van der Waals surface area contributed by atoms with Gasteiger partial charge in [-0.05, 0) is 52.5 Å². The molecule has 0 aliphatic carbocycles. The molecule has 0 aliphatic heterocycles. The molecule has 1 aromatic carbocycles. The third kappa shape index (κ3) is 2.46. The average Bonchev–Trinajstić information content (AvgIpc) is 2.93. The second-order valence-electron chi connectivity index (χ2n) is 4.22. The van der Waals surface area contributed by atoms with Crippen molar-refractivity contribution in [2.75, 3.05) is 5.32 Å². The Morgan fingerprint density at radius 1 is 1.42 bits per heavy atom. The number of hydrogen-bond acceptors (Lipinski definition) is 4. The van der Waals surface area contributed by atoms with Gasteiger partial charge in [0.1, 0.15) is 0 Å². The Hall–Kier alpha value is -1.53. The fourth-order valence-corrected chi connectivity index (χ4v) is 3.70. The SMILES string of the molecule is CC(Nc1ccc2oc(=O)[nH]c2c1)c1sccc1Br. The Kier molecular flexibility index (Phi) is 3.20. The Labute approximate surface area is 121 Å². The van der Waals surface area contributed by atoms with Crippen LogP contribution in [0.5, 0.6) is 0 Å². The van der Waals surface area contributed by atoms with Gasteiger partial charge in [-0.15, -0.1) is 11.3 Å². The Morgan fingerprint density at radius 2 is 2.26 bits per heavy atom. The van der Waals surface area contributed by atoms with Crippen LogP contribution in [0, 0.1) is 0 Å². The predicted molar refractivity (Wildman–Crippen MR) is 80.9 cm³/mol. The Morgan fingerprint density at radius 3 is 3.00 bits per heavy atom. The zero-order valence-electron chi connectivity index (χ0n) is 10.1. The van der Waals surface area contributed by atoms with Crippen LogP contribution in [0.1, 0.15) is 17.8 Å². The number of fused-ring (bicyclic) bond motifs is 1. The molecule has 0 aliphatic rings. The molecule has 0 fully saturated rings. The number of anilines is 1. The summed E-state index contributed by atoms with van der Waals surface area (Å²) < 4.78 is 6.08. The normalized spacial score (nSPS) is 12.7. The van der Waals surface area contributed by atoms with Crippen LogP contribution < -0.4 is 11.1 Å². The lowest BCUT2D eigenvalue weighted by molar-refractivity contribution is 0.555. The minimum atomic E-state index is -0.429. The molecule has 1 atom stereocenters. The molecule has 0 radical (unpaired) electrons. The molecule has 19 heavy (non-hydrogen) atoms. The number of aromatic amines is 1. The maximum absolute atomic E-state index is 11.1. The van der Waals surface area contributed by atoms with Crippen molar-refractivity contribution >= 4 is 44.1 Å². The summed E-state index contributed by atoms with van der Waals surface area (Å²) in [5, 5.41) is 5.45. The standard InChI is InChI=1S/C13H11BrN2O2S/c1-7(12-9(14)4-5-19-12)15-8-2-3-11-10(6-8)16-13(17)18-11/h2-7,15H,1H3,(H,16,17). The highest BCUT2D eigenvalue weighted by Gasteiger charge is 2.11. The summed E-state index contributed by atoms with van der Waals surface area (Å²) in [6.07, 6.45) is 0. The van der Waals surface area contributed by atoms with Crippen LogP contribution in [-0.4, -0.2) is 4.98 Å². The van der Waals surface area contributed by atoms with Crippen LogP contribution in [-0.2, 0) is 0 Å². The van der Waals surface area contributed by atoms with Crippen LogP contribution in [0.15, 0.2) is 43.3 Å². The van der Waals surface area contributed by atoms with Crippen LogP contribution in [0.4, 0.5) is 5.69 Å². The lowest BCUT2D eigenvalue weighted by Crippen LogP contribution is -2.05. The van der Waals surface area contributed by atoms with E-state index in [1.54, 1.807) is 17.4 Å². The second-order valence-corrected chi connectivity index (χ2v) is 6.03. The summed E-state index contributed by atoms with van der Waals surface area (Å²) in [6.45, 7) is 2.10. The second kappa shape index (κ2) is 4.86. The highest BCUT2D eigenvalue weighted by atomic mass is 79.9. The van der Waals surface area contributed by atoms with E-state index in [0.29, 0.717) is 11.1 Å². The van der Waals surface area contributed by atoms with Gasteiger partial charge in [-0.3, -0.25) is 4.98 Å². The number of rotatable bonds is 3. The van der Waals surface area contributed by atoms with E-state index < -0.39 is 5.76 Å². The molecule has 4 nitrogen and oxygen atoms in total. The number of nitrogens with one attached hydrogen (secondary N) is 2. The van der Waals surface area contributed by atoms with E-state index in [-0.39, 0.29) is 6.04 Å². The quantitative estimate of drug-likeness (QED) is 0.755. The van der Waals surface area contributed by atoms with E-state index in [9.17, 15) is 4.79 Å². The predicted octanol–water partition coefficient (Wildman–Crippen LogP) is 4.12. The zero-order chi connectivity index (χ0) is 13.4. The molecule has 2 heterocycles. The number of benzene rings is 1. The van der Waals surface area contributed by atoms with Gasteiger partial charge in [0.05, 0.1) is 11.6 Å². The number of hydrogen-bond donors (Lipinski definition) is 2. The fraction of sp³-hybridized carbons (Fsp3) is 0.154. The number of oxazole rings is 1. The first-order valence-corrected chi connectivity index (χ1v) is 7.43. The van der Waals surface area contributed by atoms with Crippen molar-refractivity contribution in [3.05, 3.63) is 49.5 Å². The molecule has 0 saturated carbocycles. The van der Waals surface area contributed by atoms with Gasteiger partial charge in [0.2, 0.25) is 0 Å². The third-order valence-electron chi connectivity index (χ3n) is 2.84. The zero-order valence-corrected chi connectivity index (χ0v) is 12.5. The Bertz CT molecular complexity index is 774. The summed E-state index contributed by atoms with van der Waals surface area (Å²) in [5.74, 6) is -0.429. The van der Waals surface area contributed by atoms with Crippen molar-refractivity contribution < 1.29 is 4.42 Å². The number of aromatic nitrogens is 1. The summed E-state index contributed by atoms with van der Waals surface area (Å²) in [4.78, 5) is 15.0. The van der Waals surface area contributed by atoms with E-state index >= 15 is 0 Å². The van der Waals surface area contributed by atoms with Crippen LogP contribution >= 0.6 is 27.3 Å². The molecule has 98 valence electrons. The van der Waals surface area contributed by atoms with E-state index in [2.05, 4.69) is 33.2 Å². The van der Waals surface area contributed by atoms with Crippen molar-refractivity contribution in [2.24, 2.45) is 0 Å². The van der Waals surface area contributed by atoms with Gasteiger partial charge in [-0.1, -0.05) is 0 Å². The molecule has 0 spiro atoms. The molecule has 0 bridgehead atoms. The first kappa shape index (κ1) is 12.5. The number of thiophene rings is 1. The topological polar surface area (TPSA) is 58.0 Å². The molecule has 0 amide bonds. The molecule has 3 aromatic rings. The monoisotopic (exact) mass is 338 g/mol. The first-order valence-electron chi connectivity index (χ1n) is 5.76. The highest BCUT2D eigenvalue weighted by molar-refractivity contribution is 9.10. The van der Waals surface area contributed by atoms with Crippen LogP contribution in [0.3, 0.4) is 0 Å². The minimum absolute atomic E-state index is 0.186. The molecule has 2 N–H and O–H groups in total. The molecule has 6 heteroatoms. The average molecular weight is 339 g/mol. The van der Waals surface area contributed by atoms with Crippen LogP contribution in [0.25, 0.3) is 11.1 Å². The minimum Gasteiger partial charge on any atom is -0.408 e. The molecule has 2 aromatic heterocycles. The van der Waals surface area contributed by atoms with Gasteiger partial charge < -0.3 is 9.73 Å². The smallest absolute Gasteiger partial charge is 0.408 e. The summed E-state index contributed by atoms with van der Waals surface area (Å²) in [5.41, 5.74) is 2.21. The van der Waals surface area contributed by atoms with Gasteiger partial charge in [-0.25, -0.2) is 4.79 Å². The molecular weight excluding hydrogens is 328 g/mol. The maximum Gasteiger partial charge on any atom is 0.417 e. The third-order valence-corrected chi connectivity index (χ3v) is 4.89. The van der Waals surface area contributed by atoms with Gasteiger partial charge in [0, 0.05) is 15.0 Å². The summed E-state index contributed by atoms with van der Waals surface area (Å²) >= 11 is 5.23. The van der Waals surface area contributed by atoms with Crippen molar-refractivity contribution in [3.63, 3.8) is 0 Å². The van der Waals surface area contributed by atoms with Gasteiger partial charge in [0.25, 0.3) is 0 Å². The fourth-order valence-electron chi connectivity index (χ4n) is 1.97. The molecule has 1 unspecified atom stereocenters. The van der Waals surface area contributed by atoms with Crippen molar-refractivity contribution in [1.29, 1.82) is 0 Å². The number of halogens is 1. The Balaban J connectivity index is 1.88. The largest absolute Gasteiger partial charge is 0.417 e. The lowest BCUT2D eigenvalue weighted by Gasteiger charge is -2.14. The van der Waals surface area contributed by atoms with Gasteiger partial charge >= 0.3 is 5.76 Å². The summed E-state index contributed by atoms with van der Waals surface area (Å²) in [6, 6.07) is 7.78. The highest BCUT2D eigenvalue weighted by Crippen LogP contribution is 2.31. The molecule has 0 saturated heterocycles. The van der Waals surface area contributed by atoms with E-state index in [1.807, 2.05) is 23.6 Å². The maximum atomic E-state index is 11.1. The van der Waals surface area contributed by atoms with Crippen molar-refractivity contribution in [1.82, 2.24) is 4.98 Å². The molecular formula is C13H11BrN2O2S. The lowest BCUT2D eigenvalue weighted by atomic mass is 10.2.